The summed E-state index contributed by atoms with van der Waals surface area (Å²) in [6.45, 7) is 4.40. The number of nitrogens with one attached hydrogen (secondary N) is 2. The molecule has 5 rings (SSSR count). The molecule has 0 fully saturated rings. The van der Waals surface area contributed by atoms with Crippen molar-refractivity contribution in [2.45, 2.75) is 19.9 Å². The van der Waals surface area contributed by atoms with Crippen molar-refractivity contribution in [2.75, 3.05) is 11.9 Å². The molecule has 0 saturated carbocycles. The number of pyridine rings is 1. The molecular formula is C20H16ClN5O2S. The maximum atomic E-state index is 12.5. The fraction of sp³-hybridized carbons (Fsp3) is 0.200. The van der Waals surface area contributed by atoms with E-state index in [0.717, 1.165) is 26.7 Å². The molecule has 0 bridgehead atoms. The molecule has 1 amide bonds. The van der Waals surface area contributed by atoms with Crippen LogP contribution in [0.2, 0.25) is 5.15 Å². The third-order valence-electron chi connectivity index (χ3n) is 4.66. The van der Waals surface area contributed by atoms with Gasteiger partial charge in [0.05, 0.1) is 11.2 Å². The number of amides is 1. The molecule has 1 aliphatic heterocycles. The minimum absolute atomic E-state index is 0.0456. The number of carbonyl (C=O) groups excluding carboxylic acids is 1. The van der Waals surface area contributed by atoms with Crippen molar-refractivity contribution in [3.8, 4) is 11.8 Å². The molecule has 2 N–H and O–H groups in total. The van der Waals surface area contributed by atoms with Crippen molar-refractivity contribution in [3.05, 3.63) is 46.2 Å². The van der Waals surface area contributed by atoms with Crippen LogP contribution in [0, 0.1) is 6.92 Å². The zero-order valence-electron chi connectivity index (χ0n) is 15.6. The third-order valence-corrected chi connectivity index (χ3v) is 6.01. The van der Waals surface area contributed by atoms with Crippen LogP contribution in [-0.2, 0) is 0 Å². The Morgan fingerprint density at radius 1 is 1.17 bits per heavy atom. The minimum atomic E-state index is -0.0456. The van der Waals surface area contributed by atoms with Crippen molar-refractivity contribution in [2.24, 2.45) is 0 Å². The number of anilines is 1. The lowest BCUT2D eigenvalue weighted by molar-refractivity contribution is 0.0949. The summed E-state index contributed by atoms with van der Waals surface area (Å²) in [5.74, 6) is 1.23. The van der Waals surface area contributed by atoms with Crippen LogP contribution in [0.1, 0.15) is 22.4 Å². The van der Waals surface area contributed by atoms with Gasteiger partial charge in [-0.3, -0.25) is 4.79 Å². The topological polar surface area (TPSA) is 89.0 Å². The first-order valence-corrected chi connectivity index (χ1v) is 10.3. The Kier molecular flexibility index (Phi) is 4.25. The molecule has 0 saturated heterocycles. The lowest BCUT2D eigenvalue weighted by Gasteiger charge is -2.10. The van der Waals surface area contributed by atoms with Gasteiger partial charge in [-0.05, 0) is 32.0 Å². The number of benzene rings is 1. The van der Waals surface area contributed by atoms with Crippen LogP contribution in [-0.4, -0.2) is 33.4 Å². The van der Waals surface area contributed by atoms with E-state index in [4.69, 9.17) is 16.3 Å². The molecule has 1 atom stereocenters. The highest BCUT2D eigenvalue weighted by molar-refractivity contribution is 7.21. The molecule has 0 radical (unpaired) electrons. The highest BCUT2D eigenvalue weighted by Crippen LogP contribution is 2.41. The van der Waals surface area contributed by atoms with Gasteiger partial charge in [-0.1, -0.05) is 11.6 Å². The van der Waals surface area contributed by atoms with Crippen LogP contribution >= 0.6 is 22.9 Å². The summed E-state index contributed by atoms with van der Waals surface area (Å²) in [6.07, 6.45) is 0. The molecule has 0 unspecified atom stereocenters. The number of aromatic nitrogens is 3. The summed E-state index contributed by atoms with van der Waals surface area (Å²) in [5, 5.41) is 8.70. The Labute approximate surface area is 175 Å². The first-order chi connectivity index (χ1) is 14.0. The Balaban J connectivity index is 1.61. The Bertz CT molecular complexity index is 1270. The quantitative estimate of drug-likeness (QED) is 0.458. The average molecular weight is 426 g/mol. The van der Waals surface area contributed by atoms with E-state index < -0.39 is 0 Å². The molecule has 9 heteroatoms. The number of aryl methyl sites for hydroxylation is 1. The van der Waals surface area contributed by atoms with Crippen molar-refractivity contribution < 1.29 is 9.53 Å². The molecule has 0 aliphatic carbocycles. The Morgan fingerprint density at radius 2 is 2.03 bits per heavy atom. The highest BCUT2D eigenvalue weighted by Gasteiger charge is 2.24. The van der Waals surface area contributed by atoms with Crippen molar-refractivity contribution in [3.63, 3.8) is 0 Å². The predicted octanol–water partition coefficient (Wildman–Crippen LogP) is 4.54. The van der Waals surface area contributed by atoms with Crippen LogP contribution in [0.4, 0.5) is 5.69 Å². The molecule has 0 spiro atoms. The van der Waals surface area contributed by atoms with E-state index in [0.29, 0.717) is 34.2 Å². The van der Waals surface area contributed by atoms with Gasteiger partial charge in [-0.25, -0.2) is 9.97 Å². The number of halogens is 1. The lowest BCUT2D eigenvalue weighted by Crippen LogP contribution is -2.34. The van der Waals surface area contributed by atoms with E-state index in [1.807, 2.05) is 25.1 Å². The minimum Gasteiger partial charge on any atom is -0.421 e. The second-order valence-electron chi connectivity index (χ2n) is 6.89. The number of thiophene rings is 1. The van der Waals surface area contributed by atoms with Crippen LogP contribution in [0.3, 0.4) is 0 Å². The predicted molar refractivity (Wildman–Crippen MR) is 114 cm³/mol. The fourth-order valence-corrected chi connectivity index (χ4v) is 4.74. The summed E-state index contributed by atoms with van der Waals surface area (Å²) in [7, 11) is 0. The van der Waals surface area contributed by atoms with E-state index in [1.54, 1.807) is 19.1 Å². The first-order valence-electron chi connectivity index (χ1n) is 9.08. The van der Waals surface area contributed by atoms with Gasteiger partial charge in [0.15, 0.2) is 0 Å². The number of hydrogen-bond acceptors (Lipinski definition) is 7. The molecule has 146 valence electrons. The van der Waals surface area contributed by atoms with E-state index in [9.17, 15) is 4.79 Å². The molecule has 1 aromatic carbocycles. The third kappa shape index (κ3) is 3.24. The maximum absolute atomic E-state index is 12.5. The number of rotatable bonds is 2. The highest BCUT2D eigenvalue weighted by atomic mass is 35.5. The van der Waals surface area contributed by atoms with E-state index in [-0.39, 0.29) is 11.9 Å². The number of fused-ring (bicyclic) bond motifs is 5. The second-order valence-corrected chi connectivity index (χ2v) is 8.33. The monoisotopic (exact) mass is 425 g/mol. The van der Waals surface area contributed by atoms with Crippen molar-refractivity contribution in [1.82, 2.24) is 20.3 Å². The largest absolute Gasteiger partial charge is 0.421 e. The molecule has 29 heavy (non-hydrogen) atoms. The normalized spacial score (nSPS) is 16.2. The summed E-state index contributed by atoms with van der Waals surface area (Å²) >= 11 is 7.46. The average Bonchev–Trinajstić information content (AvgIpc) is 2.98. The standard InChI is InChI=1S/C20H16ClN5O2S/c1-9-8-22-18-17-11-3-6-15(28-16-7-14(21)24-10(2)25-16)26-12(11)4-5-13(17)29-19(18)20(27)23-9/h3-7,9,22H,8H2,1-2H3,(H,23,27)/t9-/m1/s1. The van der Waals surface area contributed by atoms with E-state index >= 15 is 0 Å². The maximum Gasteiger partial charge on any atom is 0.263 e. The summed E-state index contributed by atoms with van der Waals surface area (Å²) in [5.41, 5.74) is 1.64. The number of hydrogen-bond donors (Lipinski definition) is 2. The van der Waals surface area contributed by atoms with Gasteiger partial charge < -0.3 is 15.4 Å². The van der Waals surface area contributed by atoms with Crippen LogP contribution in [0.5, 0.6) is 11.8 Å². The van der Waals surface area contributed by atoms with Crippen LogP contribution in [0.25, 0.3) is 21.0 Å². The first kappa shape index (κ1) is 18.1. The fourth-order valence-electron chi connectivity index (χ4n) is 3.43. The van der Waals surface area contributed by atoms with Crippen LogP contribution in [0.15, 0.2) is 30.3 Å². The van der Waals surface area contributed by atoms with Gasteiger partial charge in [0.25, 0.3) is 5.91 Å². The molecule has 4 heterocycles. The lowest BCUT2D eigenvalue weighted by atomic mass is 10.1. The Morgan fingerprint density at radius 3 is 2.86 bits per heavy atom. The molecule has 4 aromatic rings. The van der Waals surface area contributed by atoms with Gasteiger partial charge in [0, 0.05) is 40.2 Å². The zero-order chi connectivity index (χ0) is 20.1. The zero-order valence-corrected chi connectivity index (χ0v) is 17.2. The SMILES string of the molecule is Cc1nc(Cl)cc(Oc2ccc3c(ccc4sc5c(c43)NC[C@@H](C)NC5=O)n2)n1. The smallest absolute Gasteiger partial charge is 0.263 e. The molecule has 7 nitrogen and oxygen atoms in total. The van der Waals surface area contributed by atoms with Crippen molar-refractivity contribution in [1.29, 1.82) is 0 Å². The van der Waals surface area contributed by atoms with Gasteiger partial charge in [-0.15, -0.1) is 11.3 Å². The number of ether oxygens (including phenoxy) is 1. The second kappa shape index (κ2) is 6.82. The van der Waals surface area contributed by atoms with Gasteiger partial charge in [0.1, 0.15) is 15.9 Å². The van der Waals surface area contributed by atoms with Crippen LogP contribution < -0.4 is 15.4 Å². The molecule has 1 aliphatic rings. The van der Waals surface area contributed by atoms with E-state index in [1.165, 1.54) is 11.3 Å². The van der Waals surface area contributed by atoms with Crippen molar-refractivity contribution >= 4 is 55.5 Å². The van der Waals surface area contributed by atoms with E-state index in [2.05, 4.69) is 25.6 Å². The number of nitrogens with zero attached hydrogens (tertiary/aromatic N) is 3. The summed E-state index contributed by atoms with van der Waals surface area (Å²) in [4.78, 5) is 26.1. The molecule has 3 aromatic heterocycles. The van der Waals surface area contributed by atoms with Gasteiger partial charge in [0.2, 0.25) is 11.8 Å². The van der Waals surface area contributed by atoms with Gasteiger partial charge >= 0.3 is 0 Å². The van der Waals surface area contributed by atoms with Gasteiger partial charge in [-0.2, -0.15) is 4.98 Å². The Hall–Kier alpha value is -2.97. The number of carbonyl (C=O) groups is 1. The summed E-state index contributed by atoms with van der Waals surface area (Å²) < 4.78 is 6.82. The molecular weight excluding hydrogens is 410 g/mol. The summed E-state index contributed by atoms with van der Waals surface area (Å²) in [6, 6.07) is 9.27.